The lowest BCUT2D eigenvalue weighted by molar-refractivity contribution is -0.123. The summed E-state index contributed by atoms with van der Waals surface area (Å²) in [5, 5.41) is 8.62. The van der Waals surface area contributed by atoms with E-state index in [-0.39, 0.29) is 11.9 Å². The van der Waals surface area contributed by atoms with Crippen molar-refractivity contribution in [2.45, 2.75) is 32.9 Å². The van der Waals surface area contributed by atoms with Gasteiger partial charge in [0.05, 0.1) is 18.6 Å². The number of carbonyl (C=O) groups excluding carboxylic acids is 1. The maximum Gasteiger partial charge on any atom is 0.237 e. The van der Waals surface area contributed by atoms with Crippen LogP contribution in [0.5, 0.6) is 0 Å². The first kappa shape index (κ1) is 19.3. The first-order valence-electron chi connectivity index (χ1n) is 10.0. The fraction of sp³-hybridized carbons (Fsp3) is 0.292. The summed E-state index contributed by atoms with van der Waals surface area (Å²) in [7, 11) is 0. The molecule has 0 aliphatic heterocycles. The summed E-state index contributed by atoms with van der Waals surface area (Å²) in [5.41, 5.74) is 3.94. The lowest BCUT2D eigenvalue weighted by atomic mass is 10.0. The zero-order valence-corrected chi connectivity index (χ0v) is 16.8. The molecule has 0 spiro atoms. The summed E-state index contributed by atoms with van der Waals surface area (Å²) in [6, 6.07) is 15.7. The molecule has 0 aliphatic rings. The van der Waals surface area contributed by atoms with E-state index in [1.165, 1.54) is 0 Å². The van der Waals surface area contributed by atoms with Crippen LogP contribution >= 0.6 is 0 Å². The van der Waals surface area contributed by atoms with E-state index in [1.54, 1.807) is 12.5 Å². The number of carbonyl (C=O) groups is 1. The number of nitrogens with one attached hydrogen (secondary N) is 2. The minimum atomic E-state index is -0.321. The van der Waals surface area contributed by atoms with Crippen LogP contribution in [0.15, 0.2) is 69.9 Å². The molecular weight excluding hydrogens is 364 g/mol. The molecule has 0 saturated heterocycles. The highest BCUT2D eigenvalue weighted by Gasteiger charge is 2.19. The third-order valence-electron chi connectivity index (χ3n) is 5.03. The van der Waals surface area contributed by atoms with Gasteiger partial charge in [0.2, 0.25) is 5.91 Å². The van der Waals surface area contributed by atoms with Gasteiger partial charge in [-0.3, -0.25) is 4.79 Å². The van der Waals surface area contributed by atoms with E-state index in [0.717, 1.165) is 33.1 Å². The fourth-order valence-corrected chi connectivity index (χ4v) is 3.43. The molecule has 29 heavy (non-hydrogen) atoms. The van der Waals surface area contributed by atoms with Crippen molar-refractivity contribution >= 4 is 27.8 Å². The Labute approximate surface area is 170 Å². The highest BCUT2D eigenvalue weighted by atomic mass is 16.3. The van der Waals surface area contributed by atoms with Crippen molar-refractivity contribution < 1.29 is 13.6 Å². The molecule has 5 nitrogen and oxygen atoms in total. The van der Waals surface area contributed by atoms with Crippen LogP contribution in [0.25, 0.3) is 21.9 Å². The number of rotatable bonds is 8. The molecule has 0 aliphatic carbocycles. The molecule has 1 amide bonds. The standard InChI is InChI=1S/C24H26N2O3/c1-16(2)14-26-24(27)21(13-17-3-5-22-19(11-17)7-9-28-22)25-15-18-4-6-23-20(12-18)8-10-29-23/h3-12,16,21,25H,13-15H2,1-2H3,(H,26,27)/t21-/m1/s1. The number of fused-ring (bicyclic) bond motifs is 2. The molecule has 0 unspecified atom stereocenters. The third kappa shape index (κ3) is 4.69. The summed E-state index contributed by atoms with van der Waals surface area (Å²) >= 11 is 0. The Balaban J connectivity index is 1.49. The molecule has 0 saturated carbocycles. The monoisotopic (exact) mass is 390 g/mol. The number of hydrogen-bond acceptors (Lipinski definition) is 4. The van der Waals surface area contributed by atoms with Gasteiger partial charge >= 0.3 is 0 Å². The van der Waals surface area contributed by atoms with Gasteiger partial charge < -0.3 is 19.5 Å². The Morgan fingerprint density at radius 3 is 2.17 bits per heavy atom. The van der Waals surface area contributed by atoms with Crippen LogP contribution in [-0.4, -0.2) is 18.5 Å². The second-order valence-corrected chi connectivity index (χ2v) is 7.86. The van der Waals surface area contributed by atoms with Crippen LogP contribution < -0.4 is 10.6 Å². The second-order valence-electron chi connectivity index (χ2n) is 7.86. The Kier molecular flexibility index (Phi) is 5.67. The van der Waals surface area contributed by atoms with E-state index in [9.17, 15) is 4.79 Å². The predicted octanol–water partition coefficient (Wildman–Crippen LogP) is 4.65. The van der Waals surface area contributed by atoms with Gasteiger partial charge in [-0.25, -0.2) is 0 Å². The van der Waals surface area contributed by atoms with Gasteiger partial charge in [0, 0.05) is 23.9 Å². The summed E-state index contributed by atoms with van der Waals surface area (Å²) in [6.45, 7) is 5.46. The quantitative estimate of drug-likeness (QED) is 0.459. The first-order chi connectivity index (χ1) is 14.1. The lowest BCUT2D eigenvalue weighted by Crippen LogP contribution is -2.46. The largest absolute Gasteiger partial charge is 0.464 e. The lowest BCUT2D eigenvalue weighted by Gasteiger charge is -2.20. The molecule has 2 N–H and O–H groups in total. The molecule has 5 heteroatoms. The van der Waals surface area contributed by atoms with Crippen molar-refractivity contribution in [1.29, 1.82) is 0 Å². The van der Waals surface area contributed by atoms with Crippen molar-refractivity contribution in [3.63, 3.8) is 0 Å². The van der Waals surface area contributed by atoms with Gasteiger partial charge in [-0.2, -0.15) is 0 Å². The highest BCUT2D eigenvalue weighted by Crippen LogP contribution is 2.19. The predicted molar refractivity (Wildman–Crippen MR) is 115 cm³/mol. The van der Waals surface area contributed by atoms with Crippen LogP contribution in [0.1, 0.15) is 25.0 Å². The number of furan rings is 2. The summed E-state index contributed by atoms with van der Waals surface area (Å²) < 4.78 is 10.8. The van der Waals surface area contributed by atoms with E-state index in [4.69, 9.17) is 8.83 Å². The maximum absolute atomic E-state index is 12.9. The van der Waals surface area contributed by atoms with Crippen LogP contribution in [0.4, 0.5) is 0 Å². The van der Waals surface area contributed by atoms with Gasteiger partial charge in [0.1, 0.15) is 11.2 Å². The summed E-state index contributed by atoms with van der Waals surface area (Å²) in [4.78, 5) is 12.9. The van der Waals surface area contributed by atoms with E-state index in [0.29, 0.717) is 25.4 Å². The Morgan fingerprint density at radius 1 is 0.897 bits per heavy atom. The number of hydrogen-bond donors (Lipinski definition) is 2. The minimum absolute atomic E-state index is 0.0235. The molecule has 0 fully saturated rings. The van der Waals surface area contributed by atoms with E-state index >= 15 is 0 Å². The second kappa shape index (κ2) is 8.53. The molecular formula is C24H26N2O3. The van der Waals surface area contributed by atoms with Gasteiger partial charge in [-0.15, -0.1) is 0 Å². The normalized spacial score (nSPS) is 12.7. The molecule has 0 bridgehead atoms. The van der Waals surface area contributed by atoms with Gasteiger partial charge in [-0.05, 0) is 59.9 Å². The first-order valence-corrected chi connectivity index (χ1v) is 10.0. The molecule has 150 valence electrons. The molecule has 4 rings (SSSR count). The highest BCUT2D eigenvalue weighted by molar-refractivity contribution is 5.83. The molecule has 1 atom stereocenters. The fourth-order valence-electron chi connectivity index (χ4n) is 3.43. The van der Waals surface area contributed by atoms with Gasteiger partial charge in [0.15, 0.2) is 0 Å². The minimum Gasteiger partial charge on any atom is -0.464 e. The topological polar surface area (TPSA) is 67.4 Å². The molecule has 4 aromatic rings. The van der Waals surface area contributed by atoms with E-state index < -0.39 is 0 Å². The van der Waals surface area contributed by atoms with Crippen molar-refractivity contribution in [2.75, 3.05) is 6.54 Å². The zero-order valence-electron chi connectivity index (χ0n) is 16.8. The Hall–Kier alpha value is -3.05. The van der Waals surface area contributed by atoms with Crippen molar-refractivity contribution in [2.24, 2.45) is 5.92 Å². The smallest absolute Gasteiger partial charge is 0.237 e. The van der Waals surface area contributed by atoms with Crippen LogP contribution in [0.2, 0.25) is 0 Å². The molecule has 2 aromatic carbocycles. The van der Waals surface area contributed by atoms with Crippen molar-refractivity contribution in [1.82, 2.24) is 10.6 Å². The molecule has 2 heterocycles. The van der Waals surface area contributed by atoms with Gasteiger partial charge in [-0.1, -0.05) is 26.0 Å². The average molecular weight is 390 g/mol. The molecule has 0 radical (unpaired) electrons. The van der Waals surface area contributed by atoms with Crippen molar-refractivity contribution in [3.8, 4) is 0 Å². The number of amides is 1. The van der Waals surface area contributed by atoms with Crippen LogP contribution in [0.3, 0.4) is 0 Å². The van der Waals surface area contributed by atoms with Gasteiger partial charge in [0.25, 0.3) is 0 Å². The summed E-state index contributed by atoms with van der Waals surface area (Å²) in [5.74, 6) is 0.431. The SMILES string of the molecule is CC(C)CNC(=O)[C@@H](Cc1ccc2occc2c1)NCc1ccc2occc2c1. The van der Waals surface area contributed by atoms with Crippen molar-refractivity contribution in [3.05, 3.63) is 72.2 Å². The van der Waals surface area contributed by atoms with E-state index in [2.05, 4.69) is 36.6 Å². The molecule has 2 aromatic heterocycles. The van der Waals surface area contributed by atoms with Crippen LogP contribution in [0, 0.1) is 5.92 Å². The Bertz CT molecular complexity index is 1110. The summed E-state index contributed by atoms with van der Waals surface area (Å²) in [6.07, 6.45) is 3.99. The third-order valence-corrected chi connectivity index (χ3v) is 5.03. The number of benzene rings is 2. The Morgan fingerprint density at radius 2 is 1.52 bits per heavy atom. The van der Waals surface area contributed by atoms with Crippen LogP contribution in [-0.2, 0) is 17.8 Å². The van der Waals surface area contributed by atoms with E-state index in [1.807, 2.05) is 36.4 Å². The maximum atomic E-state index is 12.9. The zero-order chi connectivity index (χ0) is 20.2. The average Bonchev–Trinajstić information content (AvgIpc) is 3.37.